The first-order valence-electron chi connectivity index (χ1n) is 8.76. The molecular formula is C17H23N3O4. The Kier molecular flexibility index (Phi) is 3.83. The maximum atomic E-state index is 12.8. The number of nitrogens with zero attached hydrogens (tertiary/aromatic N) is 2. The van der Waals surface area contributed by atoms with Crippen molar-refractivity contribution in [2.24, 2.45) is 23.7 Å². The molecule has 3 aliphatic carbocycles. The summed E-state index contributed by atoms with van der Waals surface area (Å²) in [7, 11) is 0. The third-order valence-electron chi connectivity index (χ3n) is 5.81. The monoisotopic (exact) mass is 333 g/mol. The van der Waals surface area contributed by atoms with Crippen molar-refractivity contribution < 1.29 is 19.1 Å². The molecule has 7 nitrogen and oxygen atoms in total. The van der Waals surface area contributed by atoms with Crippen LogP contribution in [-0.2, 0) is 14.3 Å². The van der Waals surface area contributed by atoms with Crippen molar-refractivity contribution in [2.75, 3.05) is 26.3 Å². The van der Waals surface area contributed by atoms with Crippen molar-refractivity contribution in [3.63, 3.8) is 0 Å². The lowest BCUT2D eigenvalue weighted by molar-refractivity contribution is -0.142. The number of nitrogens with one attached hydrogen (secondary N) is 1. The lowest BCUT2D eigenvalue weighted by Crippen LogP contribution is -2.55. The number of ether oxygens (including phenoxy) is 1. The number of carbonyl (C=O) groups excluding carboxylic acids is 3. The lowest BCUT2D eigenvalue weighted by atomic mass is 9.63. The molecule has 2 heterocycles. The van der Waals surface area contributed by atoms with Crippen LogP contribution in [-0.4, -0.2) is 60.1 Å². The van der Waals surface area contributed by atoms with Crippen molar-refractivity contribution in [1.82, 2.24) is 15.1 Å². The molecular weight excluding hydrogens is 310 g/mol. The molecule has 2 bridgehead atoms. The maximum Gasteiger partial charge on any atom is 0.319 e. The van der Waals surface area contributed by atoms with Gasteiger partial charge in [0.1, 0.15) is 6.17 Å². The van der Waals surface area contributed by atoms with Crippen LogP contribution in [0.3, 0.4) is 0 Å². The molecule has 2 aliphatic heterocycles. The molecule has 0 aromatic heterocycles. The van der Waals surface area contributed by atoms with Crippen LogP contribution in [0.15, 0.2) is 12.2 Å². The number of amides is 4. The number of hydrogen-bond acceptors (Lipinski definition) is 4. The molecule has 5 atom stereocenters. The number of fused-ring (bicyclic) bond motifs is 1. The third-order valence-corrected chi connectivity index (χ3v) is 5.81. The van der Waals surface area contributed by atoms with E-state index < -0.39 is 6.17 Å². The Labute approximate surface area is 141 Å². The van der Waals surface area contributed by atoms with Gasteiger partial charge < -0.3 is 15.0 Å². The van der Waals surface area contributed by atoms with E-state index in [4.69, 9.17) is 4.74 Å². The Morgan fingerprint density at radius 1 is 1.12 bits per heavy atom. The van der Waals surface area contributed by atoms with E-state index in [2.05, 4.69) is 17.5 Å². The fourth-order valence-electron chi connectivity index (χ4n) is 4.58. The lowest BCUT2D eigenvalue weighted by Gasteiger charge is -2.38. The molecule has 0 spiro atoms. The minimum atomic E-state index is -0.620. The molecule has 7 heteroatoms. The average Bonchev–Trinajstić information content (AvgIpc) is 2.90. The summed E-state index contributed by atoms with van der Waals surface area (Å²) in [6.07, 6.45) is 5.53. The number of imide groups is 1. The number of allylic oxidation sites excluding steroid dienone is 2. The number of urea groups is 1. The van der Waals surface area contributed by atoms with Crippen LogP contribution in [0, 0.1) is 23.7 Å². The van der Waals surface area contributed by atoms with Crippen molar-refractivity contribution in [3.05, 3.63) is 12.2 Å². The van der Waals surface area contributed by atoms with Crippen LogP contribution >= 0.6 is 0 Å². The summed E-state index contributed by atoms with van der Waals surface area (Å²) in [5.41, 5.74) is 0. The minimum Gasteiger partial charge on any atom is -0.378 e. The van der Waals surface area contributed by atoms with Gasteiger partial charge in [-0.2, -0.15) is 0 Å². The summed E-state index contributed by atoms with van der Waals surface area (Å²) in [5, 5.41) is 2.81. The highest BCUT2D eigenvalue weighted by Gasteiger charge is 2.57. The van der Waals surface area contributed by atoms with Crippen LogP contribution in [0.25, 0.3) is 0 Å². The number of rotatable bonds is 2. The Morgan fingerprint density at radius 3 is 2.17 bits per heavy atom. The largest absolute Gasteiger partial charge is 0.378 e. The predicted octanol–water partition coefficient (Wildman–Crippen LogP) is 0.571. The normalized spacial score (nSPS) is 36.0. The molecule has 2 saturated heterocycles. The molecule has 0 aromatic carbocycles. The first-order valence-corrected chi connectivity index (χ1v) is 8.76. The van der Waals surface area contributed by atoms with E-state index in [-0.39, 0.29) is 41.5 Å². The van der Waals surface area contributed by atoms with Crippen molar-refractivity contribution >= 4 is 17.8 Å². The molecule has 130 valence electrons. The topological polar surface area (TPSA) is 79.0 Å². The summed E-state index contributed by atoms with van der Waals surface area (Å²) in [6.45, 7) is 3.80. The second-order valence-electron chi connectivity index (χ2n) is 7.11. The summed E-state index contributed by atoms with van der Waals surface area (Å²) in [4.78, 5) is 40.9. The van der Waals surface area contributed by atoms with Gasteiger partial charge in [0, 0.05) is 13.1 Å². The Bertz CT molecular complexity index is 567. The van der Waals surface area contributed by atoms with Crippen molar-refractivity contribution in [1.29, 1.82) is 0 Å². The number of hydrogen-bond donors (Lipinski definition) is 1. The molecule has 5 aliphatic rings. The first kappa shape index (κ1) is 15.6. The Hall–Kier alpha value is -1.89. The zero-order valence-corrected chi connectivity index (χ0v) is 13.8. The molecule has 3 fully saturated rings. The van der Waals surface area contributed by atoms with E-state index >= 15 is 0 Å². The summed E-state index contributed by atoms with van der Waals surface area (Å²) >= 11 is 0. The highest BCUT2D eigenvalue weighted by Crippen LogP contribution is 2.49. The molecule has 4 amide bonds. The smallest absolute Gasteiger partial charge is 0.319 e. The quantitative estimate of drug-likeness (QED) is 0.592. The second-order valence-corrected chi connectivity index (χ2v) is 7.11. The zero-order valence-electron chi connectivity index (χ0n) is 13.8. The van der Waals surface area contributed by atoms with E-state index in [0.717, 1.165) is 12.8 Å². The van der Waals surface area contributed by atoms with E-state index in [1.807, 2.05) is 0 Å². The molecule has 0 unspecified atom stereocenters. The molecule has 24 heavy (non-hydrogen) atoms. The molecule has 5 rings (SSSR count). The predicted molar refractivity (Wildman–Crippen MR) is 84.6 cm³/mol. The summed E-state index contributed by atoms with van der Waals surface area (Å²) in [6, 6.07) is -0.248. The fourth-order valence-corrected chi connectivity index (χ4v) is 4.58. The summed E-state index contributed by atoms with van der Waals surface area (Å²) < 4.78 is 5.24. The highest BCUT2D eigenvalue weighted by atomic mass is 16.5. The van der Waals surface area contributed by atoms with Crippen LogP contribution in [0.2, 0.25) is 0 Å². The van der Waals surface area contributed by atoms with Crippen LogP contribution in [0.4, 0.5) is 4.79 Å². The van der Waals surface area contributed by atoms with Gasteiger partial charge in [-0.3, -0.25) is 14.5 Å². The SMILES string of the molecule is C[C@H](NC(=O)N1CCOCC1)N1C(=O)[C@@H]2[C@@H](C1=O)[C@H]1C=C[C@H]2CC1. The molecule has 0 aromatic rings. The van der Waals surface area contributed by atoms with E-state index in [9.17, 15) is 14.4 Å². The number of carbonyl (C=O) groups is 3. The van der Waals surface area contributed by atoms with Crippen molar-refractivity contribution in [2.45, 2.75) is 25.9 Å². The molecule has 0 radical (unpaired) electrons. The van der Waals surface area contributed by atoms with Gasteiger partial charge in [-0.05, 0) is 31.6 Å². The van der Waals surface area contributed by atoms with E-state index in [0.29, 0.717) is 26.3 Å². The zero-order chi connectivity index (χ0) is 16.8. The van der Waals surface area contributed by atoms with Gasteiger partial charge >= 0.3 is 6.03 Å². The number of morpholine rings is 1. The van der Waals surface area contributed by atoms with Crippen LogP contribution in [0.5, 0.6) is 0 Å². The summed E-state index contributed by atoms with van der Waals surface area (Å²) in [5.74, 6) is -0.377. The standard InChI is InChI=1S/C17H23N3O4/c1-10(18-17(23)19-6-8-24-9-7-19)20-15(21)13-11-2-3-12(5-4-11)14(13)16(20)22/h2-3,10-14H,4-9H2,1H3,(H,18,23)/t10-,11+,12+,13+,14+/m1/s1. The van der Waals surface area contributed by atoms with Crippen LogP contribution in [0.1, 0.15) is 19.8 Å². The van der Waals surface area contributed by atoms with Gasteiger partial charge in [0.25, 0.3) is 0 Å². The minimum absolute atomic E-state index is 0.126. The van der Waals surface area contributed by atoms with Gasteiger partial charge in [0.15, 0.2) is 0 Å². The third kappa shape index (κ3) is 2.33. The maximum absolute atomic E-state index is 12.8. The second kappa shape index (κ2) is 5.88. The fraction of sp³-hybridized carbons (Fsp3) is 0.706. The molecule has 1 saturated carbocycles. The van der Waals surface area contributed by atoms with Crippen LogP contribution < -0.4 is 5.32 Å². The van der Waals surface area contributed by atoms with Gasteiger partial charge in [-0.1, -0.05) is 12.2 Å². The van der Waals surface area contributed by atoms with Gasteiger partial charge in [0.05, 0.1) is 25.0 Å². The van der Waals surface area contributed by atoms with Gasteiger partial charge in [-0.15, -0.1) is 0 Å². The Morgan fingerprint density at radius 2 is 1.67 bits per heavy atom. The highest BCUT2D eigenvalue weighted by molar-refractivity contribution is 6.06. The Balaban J connectivity index is 1.47. The first-order chi connectivity index (χ1) is 11.6. The van der Waals surface area contributed by atoms with Crippen molar-refractivity contribution in [3.8, 4) is 0 Å². The van der Waals surface area contributed by atoms with Gasteiger partial charge in [0.2, 0.25) is 11.8 Å². The van der Waals surface area contributed by atoms with Gasteiger partial charge in [-0.25, -0.2) is 4.79 Å². The van der Waals surface area contributed by atoms with E-state index in [1.54, 1.807) is 11.8 Å². The van der Waals surface area contributed by atoms with E-state index in [1.165, 1.54) is 4.90 Å². The number of likely N-dealkylation sites (tertiary alicyclic amines) is 1. The molecule has 1 N–H and O–H groups in total. The average molecular weight is 333 g/mol.